The Bertz CT molecular complexity index is 147. The van der Waals surface area contributed by atoms with Crippen molar-refractivity contribution in [1.29, 1.82) is 0 Å². The highest BCUT2D eigenvalue weighted by molar-refractivity contribution is 5.76. The van der Waals surface area contributed by atoms with E-state index in [1.165, 1.54) is 0 Å². The fraction of sp³-hybridized carbons (Fsp3) is 0.889. The lowest BCUT2D eigenvalue weighted by Gasteiger charge is -2.26. The molecule has 0 aliphatic carbocycles. The molecular formula is C9H17NO2. The minimum atomic E-state index is 0.238. The van der Waals surface area contributed by atoms with Crippen LogP contribution in [0, 0.1) is 0 Å². The Morgan fingerprint density at radius 3 is 2.83 bits per heavy atom. The van der Waals surface area contributed by atoms with Crippen molar-refractivity contribution in [3.8, 4) is 0 Å². The van der Waals surface area contributed by atoms with Crippen molar-refractivity contribution in [2.45, 2.75) is 32.1 Å². The van der Waals surface area contributed by atoms with E-state index in [2.05, 4.69) is 0 Å². The van der Waals surface area contributed by atoms with Gasteiger partial charge in [-0.2, -0.15) is 0 Å². The molecule has 3 nitrogen and oxygen atoms in total. The average Bonchev–Trinajstić information content (AvgIpc) is 2.09. The maximum Gasteiger partial charge on any atom is 0.222 e. The molecule has 0 bridgehead atoms. The number of nitrogens with zero attached hydrogens (tertiary/aromatic N) is 1. The number of likely N-dealkylation sites (tertiary alicyclic amines) is 1. The molecule has 0 atom stereocenters. The lowest BCUT2D eigenvalue weighted by molar-refractivity contribution is -0.133. The van der Waals surface area contributed by atoms with E-state index in [4.69, 9.17) is 5.11 Å². The summed E-state index contributed by atoms with van der Waals surface area (Å²) >= 11 is 0. The van der Waals surface area contributed by atoms with Crippen molar-refractivity contribution in [3.63, 3.8) is 0 Å². The molecule has 1 heterocycles. The zero-order valence-electron chi connectivity index (χ0n) is 7.46. The second kappa shape index (κ2) is 5.14. The van der Waals surface area contributed by atoms with E-state index in [0.717, 1.165) is 45.2 Å². The molecule has 1 rings (SSSR count). The van der Waals surface area contributed by atoms with Gasteiger partial charge in [0.2, 0.25) is 5.91 Å². The van der Waals surface area contributed by atoms with Crippen LogP contribution in [0.1, 0.15) is 32.1 Å². The van der Waals surface area contributed by atoms with Crippen LogP contribution in [-0.4, -0.2) is 35.6 Å². The van der Waals surface area contributed by atoms with Gasteiger partial charge in [0.15, 0.2) is 0 Å². The third-order valence-corrected chi connectivity index (χ3v) is 2.26. The summed E-state index contributed by atoms with van der Waals surface area (Å²) in [5.74, 6) is 0.291. The molecule has 1 aliphatic rings. The highest BCUT2D eigenvalue weighted by Gasteiger charge is 2.16. The SMILES string of the molecule is O=C1CCCCN1CCCCO. The molecular weight excluding hydrogens is 154 g/mol. The first-order chi connectivity index (χ1) is 5.84. The van der Waals surface area contributed by atoms with Crippen LogP contribution in [0.2, 0.25) is 0 Å². The summed E-state index contributed by atoms with van der Waals surface area (Å²) in [6.07, 6.45) is 4.66. The van der Waals surface area contributed by atoms with Gasteiger partial charge in [0.1, 0.15) is 0 Å². The lowest BCUT2D eigenvalue weighted by Crippen LogP contribution is -2.35. The number of amides is 1. The third kappa shape index (κ3) is 2.81. The fourth-order valence-electron chi connectivity index (χ4n) is 1.51. The van der Waals surface area contributed by atoms with Crippen LogP contribution in [0.5, 0.6) is 0 Å². The Hall–Kier alpha value is -0.570. The number of unbranched alkanes of at least 4 members (excludes halogenated alkanes) is 1. The van der Waals surface area contributed by atoms with Crippen LogP contribution in [-0.2, 0) is 4.79 Å². The molecule has 0 aromatic rings. The van der Waals surface area contributed by atoms with E-state index in [9.17, 15) is 4.79 Å². The highest BCUT2D eigenvalue weighted by Crippen LogP contribution is 2.10. The molecule has 1 fully saturated rings. The minimum absolute atomic E-state index is 0.238. The number of hydrogen-bond donors (Lipinski definition) is 1. The van der Waals surface area contributed by atoms with Gasteiger partial charge in [-0.3, -0.25) is 4.79 Å². The van der Waals surface area contributed by atoms with Gasteiger partial charge in [0, 0.05) is 26.1 Å². The first-order valence-corrected chi connectivity index (χ1v) is 4.73. The summed E-state index contributed by atoms with van der Waals surface area (Å²) in [4.78, 5) is 13.2. The van der Waals surface area contributed by atoms with Crippen molar-refractivity contribution >= 4 is 5.91 Å². The number of aliphatic hydroxyl groups is 1. The van der Waals surface area contributed by atoms with Gasteiger partial charge in [-0.15, -0.1) is 0 Å². The summed E-state index contributed by atoms with van der Waals surface area (Å²) in [6, 6.07) is 0. The number of aliphatic hydroxyl groups excluding tert-OH is 1. The Kier molecular flexibility index (Phi) is 4.08. The zero-order chi connectivity index (χ0) is 8.81. The Morgan fingerprint density at radius 1 is 1.33 bits per heavy atom. The topological polar surface area (TPSA) is 40.5 Å². The molecule has 1 saturated heterocycles. The predicted octanol–water partition coefficient (Wildman–Crippen LogP) is 0.771. The molecule has 12 heavy (non-hydrogen) atoms. The molecule has 0 unspecified atom stereocenters. The van der Waals surface area contributed by atoms with E-state index in [1.807, 2.05) is 4.90 Å². The van der Waals surface area contributed by atoms with Gasteiger partial charge in [-0.25, -0.2) is 0 Å². The zero-order valence-corrected chi connectivity index (χ0v) is 7.46. The standard InChI is InChI=1S/C9H17NO2/c11-8-4-3-7-10-6-2-1-5-9(10)12/h11H,1-8H2. The van der Waals surface area contributed by atoms with E-state index >= 15 is 0 Å². The largest absolute Gasteiger partial charge is 0.396 e. The van der Waals surface area contributed by atoms with Gasteiger partial charge in [-0.1, -0.05) is 0 Å². The molecule has 1 aliphatic heterocycles. The van der Waals surface area contributed by atoms with Crippen molar-refractivity contribution in [2.75, 3.05) is 19.7 Å². The summed E-state index contributed by atoms with van der Waals surface area (Å²) in [5, 5.41) is 8.56. The number of carbonyl (C=O) groups excluding carboxylic acids is 1. The monoisotopic (exact) mass is 171 g/mol. The van der Waals surface area contributed by atoms with Gasteiger partial charge in [-0.05, 0) is 25.7 Å². The lowest BCUT2D eigenvalue weighted by atomic mass is 10.1. The van der Waals surface area contributed by atoms with Crippen LogP contribution >= 0.6 is 0 Å². The molecule has 1 amide bonds. The molecule has 0 aromatic carbocycles. The quantitative estimate of drug-likeness (QED) is 0.635. The van der Waals surface area contributed by atoms with Gasteiger partial charge >= 0.3 is 0 Å². The fourth-order valence-corrected chi connectivity index (χ4v) is 1.51. The number of hydrogen-bond acceptors (Lipinski definition) is 2. The molecule has 0 saturated carbocycles. The van der Waals surface area contributed by atoms with Crippen molar-refractivity contribution in [3.05, 3.63) is 0 Å². The van der Waals surface area contributed by atoms with E-state index in [1.54, 1.807) is 0 Å². The Labute approximate surface area is 73.4 Å². The second-order valence-electron chi connectivity index (χ2n) is 3.27. The van der Waals surface area contributed by atoms with Crippen molar-refractivity contribution in [2.24, 2.45) is 0 Å². The predicted molar refractivity (Wildman–Crippen MR) is 46.8 cm³/mol. The van der Waals surface area contributed by atoms with Gasteiger partial charge in [0.05, 0.1) is 0 Å². The summed E-state index contributed by atoms with van der Waals surface area (Å²) in [6.45, 7) is 1.99. The number of piperidine rings is 1. The summed E-state index contributed by atoms with van der Waals surface area (Å²) in [5.41, 5.74) is 0. The molecule has 0 spiro atoms. The van der Waals surface area contributed by atoms with Gasteiger partial charge in [0.25, 0.3) is 0 Å². The maximum atomic E-state index is 11.3. The van der Waals surface area contributed by atoms with E-state index in [0.29, 0.717) is 5.91 Å². The average molecular weight is 171 g/mol. The molecule has 0 radical (unpaired) electrons. The van der Waals surface area contributed by atoms with E-state index < -0.39 is 0 Å². The first kappa shape index (κ1) is 9.52. The molecule has 1 N–H and O–H groups in total. The van der Waals surface area contributed by atoms with Crippen LogP contribution in [0.15, 0.2) is 0 Å². The first-order valence-electron chi connectivity index (χ1n) is 4.73. The Balaban J connectivity index is 2.16. The third-order valence-electron chi connectivity index (χ3n) is 2.26. The minimum Gasteiger partial charge on any atom is -0.396 e. The normalized spacial score (nSPS) is 18.4. The maximum absolute atomic E-state index is 11.3. The molecule has 0 aromatic heterocycles. The van der Waals surface area contributed by atoms with Crippen molar-refractivity contribution in [1.82, 2.24) is 4.90 Å². The number of carbonyl (C=O) groups is 1. The van der Waals surface area contributed by atoms with Crippen molar-refractivity contribution < 1.29 is 9.90 Å². The van der Waals surface area contributed by atoms with Crippen LogP contribution in [0.4, 0.5) is 0 Å². The number of rotatable bonds is 4. The molecule has 3 heteroatoms. The van der Waals surface area contributed by atoms with Crippen LogP contribution < -0.4 is 0 Å². The highest BCUT2D eigenvalue weighted by atomic mass is 16.2. The van der Waals surface area contributed by atoms with Crippen LogP contribution in [0.25, 0.3) is 0 Å². The van der Waals surface area contributed by atoms with Crippen LogP contribution in [0.3, 0.4) is 0 Å². The Morgan fingerprint density at radius 2 is 2.17 bits per heavy atom. The second-order valence-corrected chi connectivity index (χ2v) is 3.27. The van der Waals surface area contributed by atoms with Gasteiger partial charge < -0.3 is 10.0 Å². The smallest absolute Gasteiger partial charge is 0.222 e. The molecule has 70 valence electrons. The summed E-state index contributed by atoms with van der Waals surface area (Å²) < 4.78 is 0. The van der Waals surface area contributed by atoms with E-state index in [-0.39, 0.29) is 6.61 Å². The summed E-state index contributed by atoms with van der Waals surface area (Å²) in [7, 11) is 0.